The van der Waals surface area contributed by atoms with E-state index in [0.29, 0.717) is 0 Å². The van der Waals surface area contributed by atoms with Crippen molar-refractivity contribution in [2.75, 3.05) is 0 Å². The van der Waals surface area contributed by atoms with Crippen LogP contribution in [0.1, 0.15) is 0 Å². The smallest absolute Gasteiger partial charge is 0.186 e. The van der Waals surface area contributed by atoms with Crippen LogP contribution in [0.5, 0.6) is 0 Å². The Labute approximate surface area is 23.2 Å². The van der Waals surface area contributed by atoms with Crippen LogP contribution in [0.25, 0.3) is 0 Å². The fourth-order valence-corrected chi connectivity index (χ4v) is 0. The predicted octanol–water partition coefficient (Wildman–Crippen LogP) is -0.584. The largest absolute Gasteiger partial charge is 0.373 e. The summed E-state index contributed by atoms with van der Waals surface area (Å²) in [5, 5.41) is 0. The summed E-state index contributed by atoms with van der Waals surface area (Å²) >= 11 is 0. The Morgan fingerprint density at radius 2 is 1.25 bits per heavy atom. The summed E-state index contributed by atoms with van der Waals surface area (Å²) in [5.74, 6) is 0. The fourth-order valence-electron chi connectivity index (χ4n) is 0. The van der Waals surface area contributed by atoms with E-state index in [1.165, 1.54) is 0 Å². The van der Waals surface area contributed by atoms with Crippen molar-refractivity contribution < 1.29 is 15.7 Å². The normalized spacial score (nSPS) is 2.00. The van der Waals surface area contributed by atoms with Gasteiger partial charge in [-0.3, -0.25) is 0 Å². The molecule has 0 radical (unpaired) electrons. The van der Waals surface area contributed by atoms with Crippen LogP contribution < -0.4 is 0 Å². The standard InChI is InChI=1S/CO2.Ne/c2-1-3;. The van der Waals surface area contributed by atoms with Crippen molar-refractivity contribution in [2.24, 2.45) is 0 Å². The van der Waals surface area contributed by atoms with Gasteiger partial charge in [0.05, 0.1) is 0 Å². The van der Waals surface area contributed by atoms with Gasteiger partial charge < -0.3 is 0 Å². The minimum absolute atomic E-state index is 0. The molecule has 2 nitrogen and oxygen atoms in total. The van der Waals surface area contributed by atoms with Gasteiger partial charge in [-0.15, -0.1) is 0 Å². The molecule has 0 heterocycles. The van der Waals surface area contributed by atoms with Gasteiger partial charge in [0, 0.05) is 6.15 Å². The van der Waals surface area contributed by atoms with Crippen molar-refractivity contribution in [2.45, 2.75) is 0 Å². The average Bonchev–Trinajstić information content (AvgIpc) is 0.918. The Morgan fingerprint density at radius 1 is 1.25 bits per heavy atom. The van der Waals surface area contributed by atoms with Crippen LogP contribution in [0, 0.1) is 6.15 Å². The molecule has 0 saturated carbocycles. The fraction of sp³-hybridized carbons (Fsp3) is 0. The Hall–Kier alpha value is -0.711. The van der Waals surface area contributed by atoms with Crippen molar-refractivity contribution in [1.82, 2.24) is 0 Å². The topological polar surface area (TPSA) is 34.1 Å². The third-order valence-corrected chi connectivity index (χ3v) is 0. The average molecular weight is 64.2 g/mol. The van der Waals surface area contributed by atoms with E-state index in [4.69, 9.17) is 9.59 Å². The van der Waals surface area contributed by atoms with Crippen LogP contribution in [0.3, 0.4) is 0 Å². The van der Waals surface area contributed by atoms with E-state index in [-0.39, 0.29) is 12.3 Å². The molecule has 0 atom stereocenters. The molecule has 0 aromatic heterocycles. The number of hydrogen-bond donors (Lipinski definition) is 0. The second kappa shape index (κ2) is 45.5. The first-order chi connectivity index (χ1) is 1.41. The Balaban J connectivity index is 0. The molecule has 0 aliphatic carbocycles. The van der Waals surface area contributed by atoms with E-state index in [1.807, 2.05) is 0 Å². The van der Waals surface area contributed by atoms with Gasteiger partial charge in [0.15, 0.2) is 0 Å². The first kappa shape index (κ1) is 10.4. The molecule has 0 spiro atoms. The summed E-state index contributed by atoms with van der Waals surface area (Å²) in [6, 6.07) is 0. The molecule has 3 heteroatoms. The molecule has 0 aromatic rings. The van der Waals surface area contributed by atoms with Gasteiger partial charge in [-0.25, -0.2) is 0 Å². The van der Waals surface area contributed by atoms with Crippen LogP contribution in [-0.4, -0.2) is 6.15 Å². The van der Waals surface area contributed by atoms with Gasteiger partial charge in [-0.2, -0.15) is 9.59 Å². The molecular weight excluding hydrogens is 64.2 g/mol. The Morgan fingerprint density at radius 3 is 1.25 bits per heavy atom. The number of hydrogen-bond acceptors (Lipinski definition) is 2. The van der Waals surface area contributed by atoms with Gasteiger partial charge in [-0.1, -0.05) is 0 Å². The Bertz CT molecular complexity index is 27.0. The third-order valence-electron chi connectivity index (χ3n) is 0. The minimum atomic E-state index is 0. The van der Waals surface area contributed by atoms with Crippen LogP contribution in [0.4, 0.5) is 0 Å². The number of rotatable bonds is 0. The first-order valence-electron chi connectivity index (χ1n) is 0.408. The van der Waals surface area contributed by atoms with Crippen molar-refractivity contribution in [1.29, 1.82) is 0 Å². The van der Waals surface area contributed by atoms with Crippen molar-refractivity contribution in [3.8, 4) is 0 Å². The molecular formula is CNeO2. The van der Waals surface area contributed by atoms with Crippen LogP contribution in [-0.2, 0) is 9.59 Å². The molecule has 0 fully saturated rings. The van der Waals surface area contributed by atoms with E-state index in [0.717, 1.165) is 0 Å². The molecule has 0 saturated heterocycles. The quantitative estimate of drug-likeness (QED) is 0.377. The molecule has 4 heavy (non-hydrogen) atoms. The summed E-state index contributed by atoms with van der Waals surface area (Å²) in [5.41, 5.74) is 0. The molecule has 0 amide bonds. The maximum Gasteiger partial charge on any atom is 0.373 e. The molecule has 0 aromatic carbocycles. The summed E-state index contributed by atoms with van der Waals surface area (Å²) in [6.07, 6.45) is 0.250. The first-order valence-corrected chi connectivity index (χ1v) is 0.408. The SMILES string of the molecule is O=C=O.[Ne]. The van der Waals surface area contributed by atoms with Crippen molar-refractivity contribution in [3.05, 3.63) is 0 Å². The zero-order chi connectivity index (χ0) is 2.71. The second-order valence-corrected chi connectivity index (χ2v) is 0.0833. The summed E-state index contributed by atoms with van der Waals surface area (Å²) in [6.45, 7) is 0. The van der Waals surface area contributed by atoms with Gasteiger partial charge in [-0.05, 0) is 0 Å². The molecule has 0 N–H and O–H groups in total. The van der Waals surface area contributed by atoms with Crippen molar-refractivity contribution in [3.63, 3.8) is 0 Å². The molecule has 0 aliphatic heterocycles. The third kappa shape index (κ3) is 0.213. The molecule has 0 unspecified atom stereocenters. The maximum atomic E-state index is 8.12. The van der Waals surface area contributed by atoms with E-state index in [2.05, 4.69) is 0 Å². The van der Waals surface area contributed by atoms with Crippen LogP contribution in [0.2, 0.25) is 0 Å². The van der Waals surface area contributed by atoms with Gasteiger partial charge in [0.25, 0.3) is 0 Å². The van der Waals surface area contributed by atoms with Gasteiger partial charge in [0.2, 0.25) is 0 Å². The van der Waals surface area contributed by atoms with Crippen molar-refractivity contribution >= 4 is 6.15 Å². The summed E-state index contributed by atoms with van der Waals surface area (Å²) < 4.78 is 0. The van der Waals surface area contributed by atoms with E-state index < -0.39 is 0 Å². The van der Waals surface area contributed by atoms with Crippen LogP contribution in [0.15, 0.2) is 0 Å². The zero-order valence-corrected chi connectivity index (χ0v) is 1.67. The second-order valence-electron chi connectivity index (χ2n) is 0.0833. The maximum absolute atomic E-state index is 8.12. The van der Waals surface area contributed by atoms with E-state index in [9.17, 15) is 0 Å². The van der Waals surface area contributed by atoms with Crippen LogP contribution >= 0.6 is 0 Å². The molecule has 24 valence electrons. The Kier molecular flexibility index (Phi) is 118. The van der Waals surface area contributed by atoms with Gasteiger partial charge in [0.1, 0.15) is 0 Å². The molecule has 0 rings (SSSR count). The number of carbonyl (C=O) groups excluding carboxylic acids is 2. The minimum Gasteiger partial charge on any atom is -0.186 e. The molecule has 0 aliphatic rings. The summed E-state index contributed by atoms with van der Waals surface area (Å²) in [7, 11) is 0. The van der Waals surface area contributed by atoms with E-state index >= 15 is 0 Å². The molecule has 0 bridgehead atoms. The van der Waals surface area contributed by atoms with Gasteiger partial charge >= 0.3 is 6.15 Å². The van der Waals surface area contributed by atoms with E-state index in [1.54, 1.807) is 0 Å². The zero-order valence-electron chi connectivity index (χ0n) is 1.67. The summed E-state index contributed by atoms with van der Waals surface area (Å²) in [4.78, 5) is 16.2. The predicted molar refractivity (Wildman–Crippen MR) is 5.01 cm³/mol. The monoisotopic (exact) mass is 64.0 g/mol.